The van der Waals surface area contributed by atoms with Crippen LogP contribution in [0.5, 0.6) is 0 Å². The molecule has 0 aliphatic carbocycles. The van der Waals surface area contributed by atoms with Crippen molar-refractivity contribution in [3.05, 3.63) is 17.8 Å². The minimum Gasteiger partial charge on any atom is -0.398 e. The van der Waals surface area contributed by atoms with Crippen LogP contribution in [0.15, 0.2) is 12.3 Å². The zero-order valence-electron chi connectivity index (χ0n) is 12.9. The molecule has 1 fully saturated rings. The average molecular weight is 273 g/mol. The van der Waals surface area contributed by atoms with E-state index >= 15 is 0 Å². The number of fused-ring (bicyclic) bond motifs is 1. The number of aromatic nitrogens is 3. The molecule has 0 bridgehead atoms. The number of nitrogens with zero attached hydrogens (tertiary/aromatic N) is 3. The van der Waals surface area contributed by atoms with Gasteiger partial charge in [-0.2, -0.15) is 5.10 Å². The van der Waals surface area contributed by atoms with Gasteiger partial charge in [0, 0.05) is 18.6 Å². The molecule has 1 aliphatic heterocycles. The van der Waals surface area contributed by atoms with Crippen LogP contribution in [-0.4, -0.2) is 33.1 Å². The second kappa shape index (κ2) is 4.05. The first kappa shape index (κ1) is 13.6. The van der Waals surface area contributed by atoms with E-state index < -0.39 is 7.12 Å². The monoisotopic (exact) mass is 273 g/mol. The maximum atomic E-state index is 6.09. The van der Waals surface area contributed by atoms with Crippen molar-refractivity contribution in [3.8, 4) is 0 Å². The Morgan fingerprint density at radius 3 is 2.35 bits per heavy atom. The van der Waals surface area contributed by atoms with E-state index in [1.54, 1.807) is 4.68 Å². The molecule has 0 radical (unpaired) electrons. The Morgan fingerprint density at radius 1 is 1.15 bits per heavy atom. The van der Waals surface area contributed by atoms with Crippen LogP contribution >= 0.6 is 0 Å². The number of hydrogen-bond donors (Lipinski definition) is 0. The van der Waals surface area contributed by atoms with E-state index in [0.717, 1.165) is 22.2 Å². The Kier molecular flexibility index (Phi) is 2.75. The Labute approximate surface area is 119 Å². The van der Waals surface area contributed by atoms with E-state index in [4.69, 9.17) is 9.31 Å². The van der Waals surface area contributed by atoms with Gasteiger partial charge in [0.15, 0.2) is 5.65 Å². The smallest absolute Gasteiger partial charge is 0.398 e. The fourth-order valence-electron chi connectivity index (χ4n) is 2.40. The van der Waals surface area contributed by atoms with Crippen LogP contribution in [-0.2, 0) is 16.4 Å². The summed E-state index contributed by atoms with van der Waals surface area (Å²) < 4.78 is 13.9. The topological polar surface area (TPSA) is 49.2 Å². The lowest BCUT2D eigenvalue weighted by molar-refractivity contribution is 0.00578. The number of hydrogen-bond acceptors (Lipinski definition) is 4. The van der Waals surface area contributed by atoms with Crippen molar-refractivity contribution >= 4 is 23.7 Å². The molecule has 0 spiro atoms. The molecule has 0 saturated carbocycles. The van der Waals surface area contributed by atoms with E-state index in [1.165, 1.54) is 0 Å². The van der Waals surface area contributed by atoms with Crippen molar-refractivity contribution in [1.29, 1.82) is 0 Å². The van der Waals surface area contributed by atoms with Gasteiger partial charge in [-0.15, -0.1) is 0 Å². The summed E-state index contributed by atoms with van der Waals surface area (Å²) in [7, 11) is 1.44. The Morgan fingerprint density at radius 2 is 1.75 bits per heavy atom. The van der Waals surface area contributed by atoms with Crippen LogP contribution in [0, 0.1) is 6.92 Å². The average Bonchev–Trinajstić information content (AvgIpc) is 2.74. The minimum atomic E-state index is -0.452. The van der Waals surface area contributed by atoms with Crippen LogP contribution in [0.4, 0.5) is 0 Å². The van der Waals surface area contributed by atoms with Crippen LogP contribution < -0.4 is 5.59 Å². The zero-order chi connectivity index (χ0) is 14.7. The number of pyridine rings is 1. The van der Waals surface area contributed by atoms with Gasteiger partial charge in [-0.05, 0) is 46.2 Å². The summed E-state index contributed by atoms with van der Waals surface area (Å²) in [5, 5.41) is 5.54. The van der Waals surface area contributed by atoms with Gasteiger partial charge >= 0.3 is 7.12 Å². The predicted octanol–water partition coefficient (Wildman–Crippen LogP) is 1.58. The van der Waals surface area contributed by atoms with Crippen LogP contribution in [0.1, 0.15) is 33.3 Å². The number of rotatable bonds is 1. The third-order valence-corrected chi connectivity index (χ3v) is 4.32. The molecule has 1 saturated heterocycles. The molecular formula is C14H20BN3O2. The highest BCUT2D eigenvalue weighted by Crippen LogP contribution is 2.36. The largest absolute Gasteiger partial charge is 0.517 e. The molecule has 20 heavy (non-hydrogen) atoms. The fraction of sp³-hybridized carbons (Fsp3) is 0.571. The predicted molar refractivity (Wildman–Crippen MR) is 79.0 cm³/mol. The van der Waals surface area contributed by atoms with Gasteiger partial charge in [0.2, 0.25) is 0 Å². The lowest BCUT2D eigenvalue weighted by Gasteiger charge is -2.32. The lowest BCUT2D eigenvalue weighted by Crippen LogP contribution is -2.41. The normalized spacial score (nSPS) is 20.8. The molecule has 0 N–H and O–H groups in total. The fourth-order valence-corrected chi connectivity index (χ4v) is 2.40. The SMILES string of the molecule is Cc1cnc2c(c1)c(B1OC(C)(C)C(C)(C)O1)nn2C. The van der Waals surface area contributed by atoms with Gasteiger partial charge in [-0.3, -0.25) is 4.68 Å². The van der Waals surface area contributed by atoms with E-state index in [9.17, 15) is 0 Å². The van der Waals surface area contributed by atoms with Crippen LogP contribution in [0.2, 0.25) is 0 Å². The highest BCUT2D eigenvalue weighted by molar-refractivity contribution is 6.64. The van der Waals surface area contributed by atoms with Gasteiger partial charge in [-0.1, -0.05) is 0 Å². The van der Waals surface area contributed by atoms with Gasteiger partial charge in [0.25, 0.3) is 0 Å². The summed E-state index contributed by atoms with van der Waals surface area (Å²) in [6, 6.07) is 2.08. The highest BCUT2D eigenvalue weighted by Gasteiger charge is 2.53. The quantitative estimate of drug-likeness (QED) is 0.740. The number of aryl methyl sites for hydroxylation is 2. The molecule has 1 aliphatic rings. The van der Waals surface area contributed by atoms with Crippen molar-refractivity contribution < 1.29 is 9.31 Å². The van der Waals surface area contributed by atoms with Crippen molar-refractivity contribution in [2.75, 3.05) is 0 Å². The van der Waals surface area contributed by atoms with Gasteiger partial charge in [0.1, 0.15) is 5.59 Å². The van der Waals surface area contributed by atoms with Crippen molar-refractivity contribution in [3.63, 3.8) is 0 Å². The summed E-state index contributed by atoms with van der Waals surface area (Å²) in [5.74, 6) is 0. The molecule has 3 heterocycles. The molecular weight excluding hydrogens is 253 g/mol. The van der Waals surface area contributed by atoms with Gasteiger partial charge in [-0.25, -0.2) is 4.98 Å². The Balaban J connectivity index is 2.10. The standard InChI is InChI=1S/C14H20BN3O2/c1-9-7-10-11(17-18(6)12(10)16-8-9)15-19-13(2,3)14(4,5)20-15/h7-8H,1-6H3. The summed E-state index contributed by atoms with van der Waals surface area (Å²) in [6.45, 7) is 10.2. The Bertz CT molecular complexity index is 662. The first-order valence-corrected chi connectivity index (χ1v) is 6.86. The van der Waals surface area contributed by atoms with Crippen molar-refractivity contribution in [1.82, 2.24) is 14.8 Å². The first-order chi connectivity index (χ1) is 9.21. The first-order valence-electron chi connectivity index (χ1n) is 6.86. The highest BCUT2D eigenvalue weighted by atomic mass is 16.7. The molecule has 2 aromatic rings. The van der Waals surface area contributed by atoms with Crippen LogP contribution in [0.3, 0.4) is 0 Å². The molecule has 106 valence electrons. The maximum Gasteiger partial charge on any atom is 0.517 e. The van der Waals surface area contributed by atoms with E-state index in [1.807, 2.05) is 47.9 Å². The summed E-state index contributed by atoms with van der Waals surface area (Å²) in [4.78, 5) is 4.43. The third kappa shape index (κ3) is 1.86. The molecule has 5 nitrogen and oxygen atoms in total. The van der Waals surface area contributed by atoms with E-state index in [-0.39, 0.29) is 11.2 Å². The minimum absolute atomic E-state index is 0.362. The van der Waals surface area contributed by atoms with Gasteiger partial charge < -0.3 is 9.31 Å². The molecule has 0 amide bonds. The maximum absolute atomic E-state index is 6.09. The van der Waals surface area contributed by atoms with E-state index in [0.29, 0.717) is 0 Å². The van der Waals surface area contributed by atoms with Gasteiger partial charge in [0.05, 0.1) is 11.2 Å². The Hall–Kier alpha value is -1.40. The molecule has 0 atom stereocenters. The molecule has 6 heteroatoms. The second-order valence-electron chi connectivity index (χ2n) is 6.48. The summed E-state index contributed by atoms with van der Waals surface area (Å²) in [6.07, 6.45) is 1.85. The summed E-state index contributed by atoms with van der Waals surface area (Å²) in [5.41, 5.74) is 2.03. The lowest BCUT2D eigenvalue weighted by atomic mass is 9.83. The van der Waals surface area contributed by atoms with Crippen molar-refractivity contribution in [2.24, 2.45) is 7.05 Å². The second-order valence-corrected chi connectivity index (χ2v) is 6.48. The third-order valence-electron chi connectivity index (χ3n) is 4.32. The molecule has 0 unspecified atom stereocenters. The van der Waals surface area contributed by atoms with Crippen molar-refractivity contribution in [2.45, 2.75) is 45.8 Å². The summed E-state index contributed by atoms with van der Waals surface area (Å²) >= 11 is 0. The molecule has 2 aromatic heterocycles. The molecule has 0 aromatic carbocycles. The van der Waals surface area contributed by atoms with E-state index in [2.05, 4.69) is 16.1 Å². The van der Waals surface area contributed by atoms with Crippen LogP contribution in [0.25, 0.3) is 11.0 Å². The molecule has 3 rings (SSSR count). The zero-order valence-corrected chi connectivity index (χ0v) is 12.9.